The smallest absolute Gasteiger partial charge is 0.255 e. The lowest BCUT2D eigenvalue weighted by Crippen LogP contribution is -2.54. The van der Waals surface area contributed by atoms with Crippen LogP contribution in [-0.4, -0.2) is 43.5 Å². The molecule has 4 heteroatoms. The van der Waals surface area contributed by atoms with Gasteiger partial charge in [0.1, 0.15) is 0 Å². The van der Waals surface area contributed by atoms with Gasteiger partial charge in [-0.3, -0.25) is 4.90 Å². The first-order valence-electron chi connectivity index (χ1n) is 3.92. The zero-order valence-electron chi connectivity index (χ0n) is 6.76. The number of hydrogen-bond acceptors (Lipinski definition) is 2. The van der Waals surface area contributed by atoms with Crippen LogP contribution >= 0.6 is 0 Å². The van der Waals surface area contributed by atoms with Gasteiger partial charge < -0.3 is 5.32 Å². The Morgan fingerprint density at radius 3 is 3.00 bits per heavy atom. The van der Waals surface area contributed by atoms with Crippen molar-refractivity contribution in [1.29, 1.82) is 0 Å². The third-order valence-corrected chi connectivity index (χ3v) is 1.98. The molecule has 1 unspecified atom stereocenters. The first-order valence-corrected chi connectivity index (χ1v) is 3.92. The number of piperazine rings is 1. The van der Waals surface area contributed by atoms with E-state index in [1.807, 2.05) is 0 Å². The first kappa shape index (κ1) is 9.43. The molecule has 68 valence electrons. The molecule has 1 fully saturated rings. The van der Waals surface area contributed by atoms with Gasteiger partial charge in [-0.25, -0.2) is 8.78 Å². The highest BCUT2D eigenvalue weighted by Crippen LogP contribution is 2.10. The molecule has 1 aliphatic rings. The Labute approximate surface area is 70.9 Å². The summed E-state index contributed by atoms with van der Waals surface area (Å²) in [5.74, 6) is 2.39. The van der Waals surface area contributed by atoms with Crippen molar-refractivity contribution in [1.82, 2.24) is 10.2 Å². The van der Waals surface area contributed by atoms with Gasteiger partial charge in [-0.1, -0.05) is 5.92 Å². The summed E-state index contributed by atoms with van der Waals surface area (Å²) in [6.07, 6.45) is 2.75. The first-order chi connectivity index (χ1) is 5.75. The van der Waals surface area contributed by atoms with Crippen LogP contribution in [0.25, 0.3) is 0 Å². The van der Waals surface area contributed by atoms with E-state index in [4.69, 9.17) is 6.42 Å². The van der Waals surface area contributed by atoms with Crippen LogP contribution < -0.4 is 5.32 Å². The summed E-state index contributed by atoms with van der Waals surface area (Å²) >= 11 is 0. The standard InChI is InChI=1S/C8H12F2N2/c1-2-4-12-5-3-11-6-7(12)8(9)10/h1,7-8,11H,3-6H2. The maximum absolute atomic E-state index is 12.3. The van der Waals surface area contributed by atoms with Gasteiger partial charge in [0.15, 0.2) is 0 Å². The second-order valence-corrected chi connectivity index (χ2v) is 2.78. The molecule has 0 aliphatic carbocycles. The Morgan fingerprint density at radius 2 is 2.42 bits per heavy atom. The fraction of sp³-hybridized carbons (Fsp3) is 0.750. The molecule has 0 bridgehead atoms. The molecular formula is C8H12F2N2. The number of alkyl halides is 2. The van der Waals surface area contributed by atoms with Gasteiger partial charge in [0, 0.05) is 19.6 Å². The fourth-order valence-corrected chi connectivity index (χ4v) is 1.33. The number of halogens is 2. The molecule has 1 rings (SSSR count). The monoisotopic (exact) mass is 174 g/mol. The van der Waals surface area contributed by atoms with Crippen LogP contribution in [0.5, 0.6) is 0 Å². The fourth-order valence-electron chi connectivity index (χ4n) is 1.33. The zero-order chi connectivity index (χ0) is 8.97. The van der Waals surface area contributed by atoms with E-state index in [0.29, 0.717) is 19.6 Å². The Morgan fingerprint density at radius 1 is 1.67 bits per heavy atom. The summed E-state index contributed by atoms with van der Waals surface area (Å²) in [6.45, 7) is 2.00. The molecule has 1 saturated heterocycles. The summed E-state index contributed by atoms with van der Waals surface area (Å²) in [7, 11) is 0. The van der Waals surface area contributed by atoms with Crippen LogP contribution in [0.4, 0.5) is 8.78 Å². The molecule has 1 N–H and O–H groups in total. The molecule has 1 atom stereocenters. The minimum Gasteiger partial charge on any atom is -0.314 e. The summed E-state index contributed by atoms with van der Waals surface area (Å²) < 4.78 is 24.7. The summed E-state index contributed by atoms with van der Waals surface area (Å²) in [4.78, 5) is 1.64. The number of nitrogens with one attached hydrogen (secondary N) is 1. The van der Waals surface area contributed by atoms with Crippen molar-refractivity contribution in [3.05, 3.63) is 0 Å². The van der Waals surface area contributed by atoms with Gasteiger partial charge in [0.25, 0.3) is 6.43 Å². The number of nitrogens with zero attached hydrogens (tertiary/aromatic N) is 1. The highest BCUT2D eigenvalue weighted by molar-refractivity contribution is 4.93. The van der Waals surface area contributed by atoms with E-state index >= 15 is 0 Å². The number of rotatable bonds is 2. The van der Waals surface area contributed by atoms with E-state index in [9.17, 15) is 8.78 Å². The summed E-state index contributed by atoms with van der Waals surface area (Å²) in [6, 6.07) is -0.713. The van der Waals surface area contributed by atoms with Crippen LogP contribution in [0.2, 0.25) is 0 Å². The van der Waals surface area contributed by atoms with Crippen LogP contribution in [0.1, 0.15) is 0 Å². The topological polar surface area (TPSA) is 15.3 Å². The molecule has 0 saturated carbocycles. The van der Waals surface area contributed by atoms with E-state index in [1.54, 1.807) is 4.90 Å². The second kappa shape index (κ2) is 4.39. The Hall–Kier alpha value is -0.660. The third kappa shape index (κ3) is 2.16. The normalized spacial score (nSPS) is 25.7. The number of hydrogen-bond donors (Lipinski definition) is 1. The lowest BCUT2D eigenvalue weighted by Gasteiger charge is -2.34. The largest absolute Gasteiger partial charge is 0.314 e. The van der Waals surface area contributed by atoms with Gasteiger partial charge >= 0.3 is 0 Å². The van der Waals surface area contributed by atoms with Gasteiger partial charge in [-0.2, -0.15) is 0 Å². The maximum Gasteiger partial charge on any atom is 0.255 e. The van der Waals surface area contributed by atoms with Crippen LogP contribution in [0, 0.1) is 12.3 Å². The van der Waals surface area contributed by atoms with Crippen molar-refractivity contribution in [2.24, 2.45) is 0 Å². The number of terminal acetylenes is 1. The highest BCUT2D eigenvalue weighted by atomic mass is 19.3. The quantitative estimate of drug-likeness (QED) is 0.600. The van der Waals surface area contributed by atoms with E-state index in [-0.39, 0.29) is 0 Å². The van der Waals surface area contributed by atoms with E-state index < -0.39 is 12.5 Å². The van der Waals surface area contributed by atoms with Gasteiger partial charge in [0.2, 0.25) is 0 Å². The Bertz CT molecular complexity index is 176. The van der Waals surface area contributed by atoms with Crippen molar-refractivity contribution in [3.63, 3.8) is 0 Å². The van der Waals surface area contributed by atoms with Crippen LogP contribution in [-0.2, 0) is 0 Å². The van der Waals surface area contributed by atoms with Crippen LogP contribution in [0.15, 0.2) is 0 Å². The van der Waals surface area contributed by atoms with E-state index in [1.165, 1.54) is 0 Å². The molecule has 0 aromatic heterocycles. The van der Waals surface area contributed by atoms with Crippen molar-refractivity contribution >= 4 is 0 Å². The minimum atomic E-state index is -2.31. The SMILES string of the molecule is C#CCN1CCNCC1C(F)F. The van der Waals surface area contributed by atoms with E-state index in [0.717, 1.165) is 6.54 Å². The second-order valence-electron chi connectivity index (χ2n) is 2.78. The zero-order valence-corrected chi connectivity index (χ0v) is 6.76. The summed E-state index contributed by atoms with van der Waals surface area (Å²) in [5, 5.41) is 2.91. The maximum atomic E-state index is 12.3. The molecule has 0 aromatic carbocycles. The average Bonchev–Trinajstić information content (AvgIpc) is 2.05. The molecule has 1 aliphatic heterocycles. The van der Waals surface area contributed by atoms with Crippen molar-refractivity contribution in [2.45, 2.75) is 12.5 Å². The highest BCUT2D eigenvalue weighted by Gasteiger charge is 2.28. The van der Waals surface area contributed by atoms with Gasteiger partial charge in [-0.05, 0) is 0 Å². The minimum absolute atomic E-state index is 0.316. The molecular weight excluding hydrogens is 162 g/mol. The Balaban J connectivity index is 2.49. The predicted molar refractivity (Wildman–Crippen MR) is 43.1 cm³/mol. The lowest BCUT2D eigenvalue weighted by molar-refractivity contribution is 0.0194. The van der Waals surface area contributed by atoms with E-state index in [2.05, 4.69) is 11.2 Å². The molecule has 2 nitrogen and oxygen atoms in total. The van der Waals surface area contributed by atoms with Gasteiger partial charge in [0.05, 0.1) is 12.6 Å². The molecule has 0 spiro atoms. The third-order valence-electron chi connectivity index (χ3n) is 1.98. The molecule has 0 amide bonds. The molecule has 12 heavy (non-hydrogen) atoms. The van der Waals surface area contributed by atoms with Gasteiger partial charge in [-0.15, -0.1) is 6.42 Å². The summed E-state index contributed by atoms with van der Waals surface area (Å²) in [5.41, 5.74) is 0. The van der Waals surface area contributed by atoms with Crippen molar-refractivity contribution in [3.8, 4) is 12.3 Å². The molecule has 1 heterocycles. The Kier molecular flexibility index (Phi) is 3.45. The predicted octanol–water partition coefficient (Wildman–Crippen LogP) is 0.158. The van der Waals surface area contributed by atoms with Crippen molar-refractivity contribution < 1.29 is 8.78 Å². The average molecular weight is 174 g/mol. The lowest BCUT2D eigenvalue weighted by atomic mass is 10.2. The van der Waals surface area contributed by atoms with Crippen molar-refractivity contribution in [2.75, 3.05) is 26.2 Å². The van der Waals surface area contributed by atoms with Crippen LogP contribution in [0.3, 0.4) is 0 Å². The molecule has 0 aromatic rings. The molecule has 0 radical (unpaired) electrons.